The zero-order valence-electron chi connectivity index (χ0n) is 10.3. The first-order chi connectivity index (χ1) is 7.38. The van der Waals surface area contributed by atoms with E-state index in [2.05, 4.69) is 37.0 Å². The Morgan fingerprint density at radius 1 is 1.12 bits per heavy atom. The Hall–Kier alpha value is -1.44. The highest BCUT2D eigenvalue weighted by molar-refractivity contribution is 6.18. The summed E-state index contributed by atoms with van der Waals surface area (Å²) in [5.74, 6) is 0.210. The molecule has 1 heterocycles. The van der Waals surface area contributed by atoms with Crippen molar-refractivity contribution < 1.29 is 4.79 Å². The molecule has 84 valence electrons. The van der Waals surface area contributed by atoms with Crippen LogP contribution in [0.3, 0.4) is 0 Å². The lowest BCUT2D eigenvalue weighted by molar-refractivity contribution is -0.120. The molecule has 0 aromatic heterocycles. The standard InChI is InChI=1S/C14H17NO/c1-9-5-10(2)7-11(6-9)12-8-13(16)14(3,4)15-12/h5-7H,8H2,1-4H3. The molecule has 0 saturated heterocycles. The summed E-state index contributed by atoms with van der Waals surface area (Å²) in [6, 6.07) is 6.33. The van der Waals surface area contributed by atoms with E-state index in [0.717, 1.165) is 11.3 Å². The van der Waals surface area contributed by atoms with Gasteiger partial charge in [-0.15, -0.1) is 0 Å². The lowest BCUT2D eigenvalue weighted by Gasteiger charge is -2.09. The summed E-state index contributed by atoms with van der Waals surface area (Å²) < 4.78 is 0. The monoisotopic (exact) mass is 215 g/mol. The average molecular weight is 215 g/mol. The van der Waals surface area contributed by atoms with Gasteiger partial charge in [0.15, 0.2) is 5.78 Å². The summed E-state index contributed by atoms with van der Waals surface area (Å²) in [5, 5.41) is 0. The molecule has 0 fully saturated rings. The molecule has 0 unspecified atom stereocenters. The zero-order valence-corrected chi connectivity index (χ0v) is 10.3. The van der Waals surface area contributed by atoms with Crippen LogP contribution in [0, 0.1) is 13.8 Å². The van der Waals surface area contributed by atoms with Crippen LogP contribution < -0.4 is 0 Å². The Balaban J connectivity index is 2.44. The Morgan fingerprint density at radius 2 is 1.69 bits per heavy atom. The molecular formula is C14H17NO. The smallest absolute Gasteiger partial charge is 0.165 e. The van der Waals surface area contributed by atoms with Crippen LogP contribution in [-0.2, 0) is 4.79 Å². The summed E-state index contributed by atoms with van der Waals surface area (Å²) in [6.07, 6.45) is 0.468. The first kappa shape index (κ1) is 11.1. The van der Waals surface area contributed by atoms with Crippen LogP contribution in [0.25, 0.3) is 0 Å². The number of carbonyl (C=O) groups is 1. The molecule has 2 rings (SSSR count). The number of ketones is 1. The van der Waals surface area contributed by atoms with Crippen LogP contribution in [0.2, 0.25) is 0 Å². The third kappa shape index (κ3) is 1.92. The van der Waals surface area contributed by atoms with Crippen molar-refractivity contribution in [2.24, 2.45) is 4.99 Å². The molecule has 1 aromatic rings. The normalized spacial score (nSPS) is 18.8. The van der Waals surface area contributed by atoms with E-state index in [-0.39, 0.29) is 5.78 Å². The number of aliphatic imine (C=N–C) groups is 1. The molecule has 0 radical (unpaired) electrons. The fourth-order valence-corrected chi connectivity index (χ4v) is 2.12. The average Bonchev–Trinajstić information content (AvgIpc) is 2.40. The number of Topliss-reactive ketones (excluding diaryl/α,β-unsaturated/α-hetero) is 1. The molecule has 0 aliphatic carbocycles. The third-order valence-corrected chi connectivity index (χ3v) is 2.98. The molecule has 0 N–H and O–H groups in total. The van der Waals surface area contributed by atoms with Gasteiger partial charge in [0, 0.05) is 0 Å². The molecule has 0 bridgehead atoms. The molecule has 0 atom stereocenters. The minimum atomic E-state index is -0.535. The van der Waals surface area contributed by atoms with Crippen LogP contribution in [0.4, 0.5) is 0 Å². The van der Waals surface area contributed by atoms with Gasteiger partial charge in [-0.3, -0.25) is 9.79 Å². The highest BCUT2D eigenvalue weighted by Crippen LogP contribution is 2.25. The molecule has 1 aliphatic rings. The Morgan fingerprint density at radius 3 is 2.12 bits per heavy atom. The molecule has 1 aliphatic heterocycles. The summed E-state index contributed by atoms with van der Waals surface area (Å²) in [7, 11) is 0. The molecule has 16 heavy (non-hydrogen) atoms. The second-order valence-electron chi connectivity index (χ2n) is 5.09. The summed E-state index contributed by atoms with van der Waals surface area (Å²) in [4.78, 5) is 16.3. The van der Waals surface area contributed by atoms with Crippen molar-refractivity contribution in [3.05, 3.63) is 34.9 Å². The van der Waals surface area contributed by atoms with Crippen molar-refractivity contribution in [1.82, 2.24) is 0 Å². The maximum atomic E-state index is 11.7. The minimum Gasteiger partial charge on any atom is -0.297 e. The molecule has 0 saturated carbocycles. The van der Waals surface area contributed by atoms with E-state index in [1.165, 1.54) is 11.1 Å². The van der Waals surface area contributed by atoms with Gasteiger partial charge in [-0.25, -0.2) is 0 Å². The quantitative estimate of drug-likeness (QED) is 0.708. The topological polar surface area (TPSA) is 29.4 Å². The number of nitrogens with zero attached hydrogens (tertiary/aromatic N) is 1. The van der Waals surface area contributed by atoms with Crippen molar-refractivity contribution in [2.75, 3.05) is 0 Å². The van der Waals surface area contributed by atoms with Crippen molar-refractivity contribution in [3.63, 3.8) is 0 Å². The first-order valence-corrected chi connectivity index (χ1v) is 5.59. The van der Waals surface area contributed by atoms with E-state index in [4.69, 9.17) is 0 Å². The van der Waals surface area contributed by atoms with Crippen LogP contribution in [-0.4, -0.2) is 17.0 Å². The summed E-state index contributed by atoms with van der Waals surface area (Å²) >= 11 is 0. The van der Waals surface area contributed by atoms with E-state index in [0.29, 0.717) is 6.42 Å². The van der Waals surface area contributed by atoms with Gasteiger partial charge in [0.2, 0.25) is 0 Å². The number of hydrogen-bond acceptors (Lipinski definition) is 2. The van der Waals surface area contributed by atoms with Gasteiger partial charge >= 0.3 is 0 Å². The Bertz CT molecular complexity index is 463. The number of aryl methyl sites for hydroxylation is 2. The van der Waals surface area contributed by atoms with Gasteiger partial charge in [-0.2, -0.15) is 0 Å². The highest BCUT2D eigenvalue weighted by atomic mass is 16.1. The van der Waals surface area contributed by atoms with Crippen molar-refractivity contribution in [1.29, 1.82) is 0 Å². The largest absolute Gasteiger partial charge is 0.297 e. The summed E-state index contributed by atoms with van der Waals surface area (Å²) in [6.45, 7) is 7.90. The highest BCUT2D eigenvalue weighted by Gasteiger charge is 2.34. The first-order valence-electron chi connectivity index (χ1n) is 5.59. The zero-order chi connectivity index (χ0) is 11.9. The second kappa shape index (κ2) is 3.55. The molecule has 0 spiro atoms. The van der Waals surface area contributed by atoms with Crippen molar-refractivity contribution in [2.45, 2.75) is 39.7 Å². The van der Waals surface area contributed by atoms with Crippen LogP contribution in [0.1, 0.15) is 37.0 Å². The fourth-order valence-electron chi connectivity index (χ4n) is 2.12. The van der Waals surface area contributed by atoms with E-state index in [9.17, 15) is 4.79 Å². The number of carbonyl (C=O) groups excluding carboxylic acids is 1. The predicted molar refractivity (Wildman–Crippen MR) is 66.2 cm³/mol. The van der Waals surface area contributed by atoms with Gasteiger partial charge in [-0.1, -0.05) is 29.3 Å². The lowest BCUT2D eigenvalue weighted by Crippen LogP contribution is -2.23. The van der Waals surface area contributed by atoms with Crippen LogP contribution in [0.5, 0.6) is 0 Å². The van der Waals surface area contributed by atoms with Crippen molar-refractivity contribution >= 4 is 11.5 Å². The van der Waals surface area contributed by atoms with Gasteiger partial charge in [0.25, 0.3) is 0 Å². The van der Waals surface area contributed by atoms with Gasteiger partial charge in [0.05, 0.1) is 12.1 Å². The SMILES string of the molecule is Cc1cc(C)cc(C2=NC(C)(C)C(=O)C2)c1. The molecule has 2 heteroatoms. The molecule has 2 nitrogen and oxygen atoms in total. The molecule has 1 aromatic carbocycles. The molecular weight excluding hydrogens is 198 g/mol. The summed E-state index contributed by atoms with van der Waals surface area (Å²) in [5.41, 5.74) is 3.93. The van der Waals surface area contributed by atoms with E-state index in [1.54, 1.807) is 0 Å². The second-order valence-corrected chi connectivity index (χ2v) is 5.09. The minimum absolute atomic E-state index is 0.210. The van der Waals surface area contributed by atoms with Gasteiger partial charge in [0.1, 0.15) is 5.54 Å². The van der Waals surface area contributed by atoms with Gasteiger partial charge in [-0.05, 0) is 33.3 Å². The number of hydrogen-bond donors (Lipinski definition) is 0. The Kier molecular flexibility index (Phi) is 2.45. The van der Waals surface area contributed by atoms with Crippen LogP contribution >= 0.6 is 0 Å². The lowest BCUT2D eigenvalue weighted by atomic mass is 9.98. The van der Waals surface area contributed by atoms with Crippen LogP contribution in [0.15, 0.2) is 23.2 Å². The van der Waals surface area contributed by atoms with E-state index < -0.39 is 5.54 Å². The number of benzene rings is 1. The van der Waals surface area contributed by atoms with E-state index in [1.807, 2.05) is 13.8 Å². The maximum Gasteiger partial charge on any atom is 0.165 e. The number of rotatable bonds is 1. The van der Waals surface area contributed by atoms with Crippen molar-refractivity contribution in [3.8, 4) is 0 Å². The maximum absolute atomic E-state index is 11.7. The fraction of sp³-hybridized carbons (Fsp3) is 0.429. The Labute approximate surface area is 96.4 Å². The van der Waals surface area contributed by atoms with Gasteiger partial charge < -0.3 is 0 Å². The predicted octanol–water partition coefficient (Wildman–Crippen LogP) is 2.84. The molecule has 0 amide bonds. The van der Waals surface area contributed by atoms with E-state index >= 15 is 0 Å². The third-order valence-electron chi connectivity index (χ3n) is 2.98.